The summed E-state index contributed by atoms with van der Waals surface area (Å²) < 4.78 is 30.1. The van der Waals surface area contributed by atoms with Crippen LogP contribution >= 0.6 is 0 Å². The Morgan fingerprint density at radius 1 is 1.03 bits per heavy atom. The number of hydrogen-bond acceptors (Lipinski definition) is 4. The topological polar surface area (TPSA) is 63.7 Å². The maximum atomic E-state index is 13.4. The second kappa shape index (κ2) is 9.86. The molecular weight excluding hydrogens is 410 g/mol. The maximum Gasteiger partial charge on any atom is 0.263 e. The van der Waals surface area contributed by atoms with Crippen molar-refractivity contribution in [2.24, 2.45) is 0 Å². The van der Waals surface area contributed by atoms with Crippen LogP contribution in [-0.2, 0) is 27.6 Å². The quantitative estimate of drug-likeness (QED) is 0.608. The summed E-state index contributed by atoms with van der Waals surface area (Å²) in [6.07, 6.45) is 0.704. The summed E-state index contributed by atoms with van der Waals surface area (Å²) in [5.41, 5.74) is 3.42. The van der Waals surface area contributed by atoms with Gasteiger partial charge in [0.15, 0.2) is 15.9 Å². The summed E-state index contributed by atoms with van der Waals surface area (Å²) in [5, 5.41) is 0. The van der Waals surface area contributed by atoms with Gasteiger partial charge in [0.2, 0.25) is 0 Å². The molecule has 0 bridgehead atoms. The molecule has 1 aliphatic heterocycles. The van der Waals surface area contributed by atoms with Gasteiger partial charge >= 0.3 is 0 Å². The number of amides is 1. The van der Waals surface area contributed by atoms with Gasteiger partial charge in [-0.05, 0) is 54.5 Å². The molecule has 2 atom stereocenters. The van der Waals surface area contributed by atoms with Crippen LogP contribution < -0.4 is 4.74 Å². The van der Waals surface area contributed by atoms with E-state index >= 15 is 0 Å². The van der Waals surface area contributed by atoms with E-state index in [0.717, 1.165) is 12.0 Å². The Morgan fingerprint density at radius 2 is 1.65 bits per heavy atom. The smallest absolute Gasteiger partial charge is 0.263 e. The van der Waals surface area contributed by atoms with Crippen molar-refractivity contribution in [1.29, 1.82) is 0 Å². The van der Waals surface area contributed by atoms with E-state index in [2.05, 4.69) is 32.9 Å². The fourth-order valence-electron chi connectivity index (χ4n) is 3.90. The summed E-state index contributed by atoms with van der Waals surface area (Å²) in [6, 6.07) is 15.6. The van der Waals surface area contributed by atoms with Gasteiger partial charge < -0.3 is 9.64 Å². The fraction of sp³-hybridized carbons (Fsp3) is 0.480. The Morgan fingerprint density at radius 3 is 2.16 bits per heavy atom. The predicted molar refractivity (Wildman–Crippen MR) is 124 cm³/mol. The van der Waals surface area contributed by atoms with Gasteiger partial charge in [0.05, 0.1) is 11.5 Å². The molecule has 6 heteroatoms. The van der Waals surface area contributed by atoms with Gasteiger partial charge in [-0.25, -0.2) is 8.42 Å². The molecule has 1 amide bonds. The first-order chi connectivity index (χ1) is 14.7. The van der Waals surface area contributed by atoms with E-state index in [0.29, 0.717) is 24.6 Å². The summed E-state index contributed by atoms with van der Waals surface area (Å²) >= 11 is 0. The molecule has 31 heavy (non-hydrogen) atoms. The second-order valence-electron chi connectivity index (χ2n) is 8.68. The van der Waals surface area contributed by atoms with Crippen LogP contribution in [0.15, 0.2) is 48.5 Å². The van der Waals surface area contributed by atoms with Crippen LogP contribution in [-0.4, -0.2) is 42.9 Å². The van der Waals surface area contributed by atoms with Crippen LogP contribution in [0.5, 0.6) is 5.75 Å². The molecule has 2 aromatic rings. The molecule has 0 radical (unpaired) electrons. The molecule has 3 rings (SSSR count). The summed E-state index contributed by atoms with van der Waals surface area (Å²) in [6.45, 7) is 8.47. The maximum absolute atomic E-state index is 13.4. The van der Waals surface area contributed by atoms with Crippen molar-refractivity contribution in [3.8, 4) is 5.75 Å². The van der Waals surface area contributed by atoms with Gasteiger partial charge in [-0.1, -0.05) is 57.2 Å². The molecule has 0 aliphatic carbocycles. The zero-order chi connectivity index (χ0) is 22.6. The number of nitrogens with zero attached hydrogens (tertiary/aromatic N) is 1. The van der Waals surface area contributed by atoms with E-state index in [9.17, 15) is 13.2 Å². The van der Waals surface area contributed by atoms with Crippen LogP contribution in [0.4, 0.5) is 0 Å². The van der Waals surface area contributed by atoms with Gasteiger partial charge in [0.1, 0.15) is 5.75 Å². The number of rotatable bonds is 8. The minimum absolute atomic E-state index is 0.0146. The second-order valence-corrected chi connectivity index (χ2v) is 10.9. The Labute approximate surface area is 186 Å². The van der Waals surface area contributed by atoms with Crippen LogP contribution in [0.1, 0.15) is 56.7 Å². The number of aryl methyl sites for hydroxylation is 1. The lowest BCUT2D eigenvalue weighted by Crippen LogP contribution is -2.46. The van der Waals surface area contributed by atoms with Gasteiger partial charge in [0.25, 0.3) is 5.91 Å². The number of ether oxygens (including phenoxy) is 1. The molecule has 0 aromatic heterocycles. The number of sulfone groups is 1. The van der Waals surface area contributed by atoms with E-state index in [1.807, 2.05) is 36.4 Å². The normalized spacial score (nSPS) is 18.7. The summed E-state index contributed by atoms with van der Waals surface area (Å²) in [7, 11) is -3.11. The molecule has 0 spiro atoms. The standard InChI is InChI=1S/C25H33NO4S/c1-5-20-8-12-24(13-9-20)30-19(4)25(27)26(23-14-15-31(28,29)17-23)16-21-6-10-22(11-7-21)18(2)3/h6-13,18-19,23H,5,14-17H2,1-4H3. The van der Waals surface area contributed by atoms with Gasteiger partial charge in [-0.2, -0.15) is 0 Å². The van der Waals surface area contributed by atoms with Crippen molar-refractivity contribution >= 4 is 15.7 Å². The lowest BCUT2D eigenvalue weighted by molar-refractivity contribution is -0.140. The SMILES string of the molecule is CCc1ccc(OC(C)C(=O)N(Cc2ccc(C(C)C)cc2)C2CCS(=O)(=O)C2)cc1. The Bertz CT molecular complexity index is 981. The van der Waals surface area contributed by atoms with E-state index in [-0.39, 0.29) is 23.5 Å². The Balaban J connectivity index is 1.78. The highest BCUT2D eigenvalue weighted by atomic mass is 32.2. The fourth-order valence-corrected chi connectivity index (χ4v) is 5.64. The van der Waals surface area contributed by atoms with Crippen LogP contribution in [0.3, 0.4) is 0 Å². The molecule has 5 nitrogen and oxygen atoms in total. The zero-order valence-electron chi connectivity index (χ0n) is 18.9. The van der Waals surface area contributed by atoms with Crippen LogP contribution in [0, 0.1) is 0 Å². The summed E-state index contributed by atoms with van der Waals surface area (Å²) in [4.78, 5) is 15.0. The molecule has 1 aliphatic rings. The lowest BCUT2D eigenvalue weighted by atomic mass is 10.0. The number of benzene rings is 2. The number of carbonyl (C=O) groups excluding carboxylic acids is 1. The molecule has 0 N–H and O–H groups in total. The molecule has 168 valence electrons. The highest BCUT2D eigenvalue weighted by Crippen LogP contribution is 2.23. The predicted octanol–water partition coefficient (Wildman–Crippen LogP) is 4.36. The highest BCUT2D eigenvalue weighted by molar-refractivity contribution is 7.91. The first-order valence-electron chi connectivity index (χ1n) is 11.0. The molecule has 0 saturated carbocycles. The van der Waals surface area contributed by atoms with Gasteiger partial charge in [-0.3, -0.25) is 4.79 Å². The van der Waals surface area contributed by atoms with Crippen molar-refractivity contribution in [3.63, 3.8) is 0 Å². The first kappa shape index (κ1) is 23.3. The largest absolute Gasteiger partial charge is 0.481 e. The number of hydrogen-bond donors (Lipinski definition) is 0. The zero-order valence-corrected chi connectivity index (χ0v) is 19.7. The van der Waals surface area contributed by atoms with Crippen molar-refractivity contribution < 1.29 is 17.9 Å². The summed E-state index contributed by atoms with van der Waals surface area (Å²) in [5.74, 6) is 1.02. The molecule has 1 heterocycles. The van der Waals surface area contributed by atoms with Crippen molar-refractivity contribution in [2.45, 2.75) is 65.1 Å². The average Bonchev–Trinajstić information content (AvgIpc) is 3.11. The van der Waals surface area contributed by atoms with E-state index in [1.165, 1.54) is 11.1 Å². The molecule has 2 unspecified atom stereocenters. The third-order valence-corrected chi connectivity index (χ3v) is 7.67. The third kappa shape index (κ3) is 6.10. The highest BCUT2D eigenvalue weighted by Gasteiger charge is 2.36. The minimum Gasteiger partial charge on any atom is -0.481 e. The molecule has 1 fully saturated rings. The Kier molecular flexibility index (Phi) is 7.42. The van der Waals surface area contributed by atoms with E-state index < -0.39 is 15.9 Å². The molecule has 1 saturated heterocycles. The first-order valence-corrected chi connectivity index (χ1v) is 12.9. The average molecular weight is 444 g/mol. The minimum atomic E-state index is -3.11. The van der Waals surface area contributed by atoms with E-state index in [4.69, 9.17) is 4.74 Å². The van der Waals surface area contributed by atoms with Crippen LogP contribution in [0.25, 0.3) is 0 Å². The van der Waals surface area contributed by atoms with Crippen molar-refractivity contribution in [1.82, 2.24) is 4.90 Å². The third-order valence-electron chi connectivity index (χ3n) is 5.92. The van der Waals surface area contributed by atoms with Crippen molar-refractivity contribution in [3.05, 3.63) is 65.2 Å². The Hall–Kier alpha value is -2.34. The molecule has 2 aromatic carbocycles. The van der Waals surface area contributed by atoms with Crippen molar-refractivity contribution in [2.75, 3.05) is 11.5 Å². The number of carbonyl (C=O) groups is 1. The molecular formula is C25H33NO4S. The van der Waals surface area contributed by atoms with Gasteiger partial charge in [-0.15, -0.1) is 0 Å². The lowest BCUT2D eigenvalue weighted by Gasteiger charge is -2.31. The van der Waals surface area contributed by atoms with E-state index in [1.54, 1.807) is 11.8 Å². The monoisotopic (exact) mass is 443 g/mol. The van der Waals surface area contributed by atoms with Crippen LogP contribution in [0.2, 0.25) is 0 Å². The van der Waals surface area contributed by atoms with Gasteiger partial charge in [0, 0.05) is 12.6 Å².